The zero-order valence-electron chi connectivity index (χ0n) is 6.93. The van der Waals surface area contributed by atoms with Crippen LogP contribution in [0.4, 0.5) is 13.2 Å². The molecule has 1 saturated heterocycles. The van der Waals surface area contributed by atoms with Gasteiger partial charge in [0.1, 0.15) is 6.04 Å². The fraction of sp³-hybridized carbons (Fsp3) is 1.00. The minimum absolute atomic E-state index is 0.103. The van der Waals surface area contributed by atoms with Crippen molar-refractivity contribution in [1.29, 1.82) is 0 Å². The zero-order valence-corrected chi connectivity index (χ0v) is 6.93. The van der Waals surface area contributed by atoms with Crippen LogP contribution in [0.2, 0.25) is 0 Å². The predicted octanol–water partition coefficient (Wildman–Crippen LogP) is 0.970. The van der Waals surface area contributed by atoms with E-state index < -0.39 is 12.2 Å². The summed E-state index contributed by atoms with van der Waals surface area (Å²) in [4.78, 5) is 1.29. The van der Waals surface area contributed by atoms with Gasteiger partial charge in [0.15, 0.2) is 0 Å². The minimum atomic E-state index is -4.10. The average molecular weight is 182 g/mol. The van der Waals surface area contributed by atoms with Crippen molar-refractivity contribution in [3.63, 3.8) is 0 Å². The van der Waals surface area contributed by atoms with Gasteiger partial charge in [-0.3, -0.25) is 4.90 Å². The normalized spacial score (nSPS) is 33.8. The first kappa shape index (κ1) is 9.80. The van der Waals surface area contributed by atoms with Crippen LogP contribution >= 0.6 is 0 Å². The van der Waals surface area contributed by atoms with Crippen LogP contribution in [-0.2, 0) is 0 Å². The number of hydrogen-bond donors (Lipinski definition) is 1. The summed E-state index contributed by atoms with van der Waals surface area (Å²) in [5.41, 5.74) is 5.52. The molecule has 0 radical (unpaired) electrons. The van der Waals surface area contributed by atoms with E-state index in [-0.39, 0.29) is 12.5 Å². The summed E-state index contributed by atoms with van der Waals surface area (Å²) in [5, 5.41) is 0. The second-order valence-electron chi connectivity index (χ2n) is 3.33. The number of likely N-dealkylation sites (N-methyl/N-ethyl adjacent to an activating group) is 1. The van der Waals surface area contributed by atoms with Crippen LogP contribution in [0.5, 0.6) is 0 Å². The molecule has 0 bridgehead atoms. The van der Waals surface area contributed by atoms with Gasteiger partial charge in [0.25, 0.3) is 0 Å². The summed E-state index contributed by atoms with van der Waals surface area (Å²) in [5.74, 6) is 0. The summed E-state index contributed by atoms with van der Waals surface area (Å²) < 4.78 is 36.7. The first-order valence-corrected chi connectivity index (χ1v) is 3.94. The van der Waals surface area contributed by atoms with Crippen LogP contribution in [0, 0.1) is 0 Å². The number of hydrogen-bond acceptors (Lipinski definition) is 2. The van der Waals surface area contributed by atoms with E-state index in [4.69, 9.17) is 5.73 Å². The number of nitrogens with two attached hydrogens (primary N) is 1. The molecule has 0 aromatic rings. The van der Waals surface area contributed by atoms with Crippen molar-refractivity contribution in [2.24, 2.45) is 5.73 Å². The van der Waals surface area contributed by atoms with Gasteiger partial charge in [0, 0.05) is 12.6 Å². The number of halogens is 3. The largest absolute Gasteiger partial charge is 0.404 e. The highest BCUT2D eigenvalue weighted by Crippen LogP contribution is 2.30. The molecule has 1 aliphatic heterocycles. The van der Waals surface area contributed by atoms with E-state index in [1.165, 1.54) is 11.9 Å². The van der Waals surface area contributed by atoms with Crippen LogP contribution < -0.4 is 5.73 Å². The monoisotopic (exact) mass is 182 g/mol. The molecule has 0 amide bonds. The Bertz CT molecular complexity index is 157. The molecule has 2 nitrogen and oxygen atoms in total. The zero-order chi connectivity index (χ0) is 9.35. The number of piperidine rings is 1. The lowest BCUT2D eigenvalue weighted by Crippen LogP contribution is -2.52. The Morgan fingerprint density at radius 1 is 1.33 bits per heavy atom. The van der Waals surface area contributed by atoms with Gasteiger partial charge in [0.2, 0.25) is 0 Å². The molecule has 0 saturated carbocycles. The van der Waals surface area contributed by atoms with Crippen LogP contribution in [0.25, 0.3) is 0 Å². The molecule has 0 unspecified atom stereocenters. The third-order valence-corrected chi connectivity index (χ3v) is 2.24. The molecular weight excluding hydrogens is 169 g/mol. The Hall–Kier alpha value is -0.290. The fourth-order valence-corrected chi connectivity index (χ4v) is 1.59. The first-order valence-electron chi connectivity index (χ1n) is 3.94. The molecule has 0 spiro atoms. The maximum absolute atomic E-state index is 12.2. The van der Waals surface area contributed by atoms with E-state index in [1.807, 2.05) is 0 Å². The number of likely N-dealkylation sites (tertiary alicyclic amines) is 1. The van der Waals surface area contributed by atoms with Crippen molar-refractivity contribution < 1.29 is 13.2 Å². The lowest BCUT2D eigenvalue weighted by molar-refractivity contribution is -0.188. The third kappa shape index (κ3) is 2.10. The highest BCUT2D eigenvalue weighted by atomic mass is 19.4. The lowest BCUT2D eigenvalue weighted by atomic mass is 9.99. The first-order chi connectivity index (χ1) is 5.41. The molecule has 0 aromatic heterocycles. The van der Waals surface area contributed by atoms with Crippen molar-refractivity contribution in [2.75, 3.05) is 13.6 Å². The molecule has 72 valence electrons. The molecule has 12 heavy (non-hydrogen) atoms. The van der Waals surface area contributed by atoms with E-state index >= 15 is 0 Å². The van der Waals surface area contributed by atoms with Gasteiger partial charge in [-0.2, -0.15) is 13.2 Å². The van der Waals surface area contributed by atoms with E-state index in [9.17, 15) is 13.2 Å². The number of nitrogens with zero attached hydrogens (tertiary/aromatic N) is 1. The second kappa shape index (κ2) is 3.22. The van der Waals surface area contributed by atoms with Gasteiger partial charge < -0.3 is 5.73 Å². The van der Waals surface area contributed by atoms with Crippen LogP contribution in [-0.4, -0.2) is 36.8 Å². The van der Waals surface area contributed by atoms with Gasteiger partial charge in [-0.1, -0.05) is 0 Å². The molecule has 1 fully saturated rings. The Morgan fingerprint density at radius 3 is 2.33 bits per heavy atom. The summed E-state index contributed by atoms with van der Waals surface area (Å²) in [6.07, 6.45) is -3.51. The van der Waals surface area contributed by atoms with Crippen molar-refractivity contribution in [2.45, 2.75) is 31.1 Å². The standard InChI is InChI=1S/C7H13F3N2/c1-12-4-5(11)2-3-6(12)7(8,9)10/h5-6H,2-4,11H2,1H3/t5-,6+/m0/s1. The van der Waals surface area contributed by atoms with Gasteiger partial charge in [-0.15, -0.1) is 0 Å². The van der Waals surface area contributed by atoms with E-state index in [0.29, 0.717) is 13.0 Å². The van der Waals surface area contributed by atoms with Gasteiger partial charge in [0.05, 0.1) is 0 Å². The van der Waals surface area contributed by atoms with E-state index in [2.05, 4.69) is 0 Å². The Balaban J connectivity index is 2.57. The Kier molecular flexibility index (Phi) is 2.63. The molecule has 1 heterocycles. The SMILES string of the molecule is CN1C[C@@H](N)CC[C@@H]1C(F)(F)F. The molecule has 5 heteroatoms. The van der Waals surface area contributed by atoms with E-state index in [1.54, 1.807) is 0 Å². The summed E-state index contributed by atoms with van der Waals surface area (Å²) in [6.45, 7) is 0.337. The maximum Gasteiger partial charge on any atom is 0.404 e. The van der Waals surface area contributed by atoms with Gasteiger partial charge >= 0.3 is 6.18 Å². The highest BCUT2D eigenvalue weighted by molar-refractivity contribution is 4.85. The van der Waals surface area contributed by atoms with Crippen LogP contribution in [0.3, 0.4) is 0 Å². The smallest absolute Gasteiger partial charge is 0.327 e. The van der Waals surface area contributed by atoms with E-state index in [0.717, 1.165) is 0 Å². The second-order valence-corrected chi connectivity index (χ2v) is 3.33. The van der Waals surface area contributed by atoms with Crippen LogP contribution in [0.1, 0.15) is 12.8 Å². The van der Waals surface area contributed by atoms with Crippen molar-refractivity contribution in [3.8, 4) is 0 Å². The maximum atomic E-state index is 12.2. The summed E-state index contributed by atoms with van der Waals surface area (Å²) in [7, 11) is 1.47. The fourth-order valence-electron chi connectivity index (χ4n) is 1.59. The van der Waals surface area contributed by atoms with Crippen LogP contribution in [0.15, 0.2) is 0 Å². The Labute approximate surface area is 69.5 Å². The lowest BCUT2D eigenvalue weighted by Gasteiger charge is -2.36. The molecule has 0 aromatic carbocycles. The number of rotatable bonds is 0. The predicted molar refractivity (Wildman–Crippen MR) is 39.7 cm³/mol. The van der Waals surface area contributed by atoms with Gasteiger partial charge in [-0.25, -0.2) is 0 Å². The molecule has 1 aliphatic rings. The average Bonchev–Trinajstić information content (AvgIpc) is 1.83. The molecule has 1 rings (SSSR count). The highest BCUT2D eigenvalue weighted by Gasteiger charge is 2.44. The molecule has 0 aliphatic carbocycles. The quantitative estimate of drug-likeness (QED) is 0.604. The number of alkyl halides is 3. The molecular formula is C7H13F3N2. The third-order valence-electron chi connectivity index (χ3n) is 2.24. The van der Waals surface area contributed by atoms with Crippen molar-refractivity contribution in [3.05, 3.63) is 0 Å². The molecule has 2 N–H and O–H groups in total. The summed E-state index contributed by atoms with van der Waals surface area (Å²) >= 11 is 0. The molecule has 2 atom stereocenters. The minimum Gasteiger partial charge on any atom is -0.327 e. The summed E-state index contributed by atoms with van der Waals surface area (Å²) in [6, 6.07) is -1.40. The Morgan fingerprint density at radius 2 is 1.92 bits per heavy atom. The van der Waals surface area contributed by atoms with Gasteiger partial charge in [-0.05, 0) is 19.9 Å². The van der Waals surface area contributed by atoms with Crippen molar-refractivity contribution >= 4 is 0 Å². The van der Waals surface area contributed by atoms with Crippen molar-refractivity contribution in [1.82, 2.24) is 4.90 Å². The topological polar surface area (TPSA) is 29.3 Å².